The Morgan fingerprint density at radius 3 is 2.90 bits per heavy atom. The molecular formula is C13H10N2O3S3. The molecule has 0 atom stereocenters. The van der Waals surface area contributed by atoms with Gasteiger partial charge in [0.2, 0.25) is 0 Å². The van der Waals surface area contributed by atoms with Crippen LogP contribution in [0.4, 0.5) is 0 Å². The highest BCUT2D eigenvalue weighted by Crippen LogP contribution is 2.29. The quantitative estimate of drug-likeness (QED) is 0.689. The van der Waals surface area contributed by atoms with Gasteiger partial charge >= 0.3 is 5.97 Å². The summed E-state index contributed by atoms with van der Waals surface area (Å²) >= 11 is 4.56. The predicted molar refractivity (Wildman–Crippen MR) is 82.8 cm³/mol. The third-order valence-electron chi connectivity index (χ3n) is 2.49. The first-order valence-corrected chi connectivity index (χ1v) is 8.72. The van der Waals surface area contributed by atoms with Crippen LogP contribution in [0.1, 0.15) is 11.4 Å². The molecule has 3 aromatic rings. The summed E-state index contributed by atoms with van der Waals surface area (Å²) in [5.41, 5.74) is 1.57. The van der Waals surface area contributed by atoms with E-state index in [1.165, 1.54) is 11.3 Å². The average Bonchev–Trinajstić information content (AvgIpc) is 3.17. The maximum Gasteiger partial charge on any atom is 0.309 e. The van der Waals surface area contributed by atoms with Crippen LogP contribution in [0.3, 0.4) is 0 Å². The molecule has 3 rings (SSSR count). The standard InChI is InChI=1S/C13H10N2O3S3/c16-11(17)4-8-5-20-13(15-8)21-7-9-6-19-12(14-9)10-2-1-3-18-10/h1-3,5-6H,4,7H2,(H,16,17). The second kappa shape index (κ2) is 6.42. The molecular weight excluding hydrogens is 328 g/mol. The fourth-order valence-corrected chi connectivity index (χ4v) is 4.24. The maximum absolute atomic E-state index is 10.6. The summed E-state index contributed by atoms with van der Waals surface area (Å²) in [5.74, 6) is 0.616. The van der Waals surface area contributed by atoms with Crippen molar-refractivity contribution >= 4 is 40.4 Å². The number of thioether (sulfide) groups is 1. The molecule has 0 aliphatic heterocycles. The van der Waals surface area contributed by atoms with Gasteiger partial charge in [0.05, 0.1) is 24.1 Å². The van der Waals surface area contributed by atoms with Crippen molar-refractivity contribution in [2.75, 3.05) is 0 Å². The minimum Gasteiger partial charge on any atom is -0.481 e. The molecule has 0 spiro atoms. The number of aliphatic carboxylic acids is 1. The van der Waals surface area contributed by atoms with E-state index in [-0.39, 0.29) is 6.42 Å². The molecule has 108 valence electrons. The van der Waals surface area contributed by atoms with Crippen LogP contribution < -0.4 is 0 Å². The first kappa shape index (κ1) is 14.3. The summed E-state index contributed by atoms with van der Waals surface area (Å²) in [6.07, 6.45) is 1.60. The smallest absolute Gasteiger partial charge is 0.309 e. The van der Waals surface area contributed by atoms with Gasteiger partial charge in [-0.1, -0.05) is 11.8 Å². The second-order valence-electron chi connectivity index (χ2n) is 4.09. The molecule has 0 saturated carbocycles. The van der Waals surface area contributed by atoms with Crippen molar-refractivity contribution in [2.45, 2.75) is 16.5 Å². The van der Waals surface area contributed by atoms with Crippen molar-refractivity contribution in [1.29, 1.82) is 0 Å². The lowest BCUT2D eigenvalue weighted by Gasteiger charge is -1.93. The first-order valence-electron chi connectivity index (χ1n) is 5.98. The lowest BCUT2D eigenvalue weighted by atomic mass is 10.3. The van der Waals surface area contributed by atoms with Crippen molar-refractivity contribution in [3.05, 3.63) is 40.5 Å². The number of nitrogens with zero attached hydrogens (tertiary/aromatic N) is 2. The molecule has 8 heteroatoms. The van der Waals surface area contributed by atoms with E-state index >= 15 is 0 Å². The average molecular weight is 338 g/mol. The molecule has 0 aromatic carbocycles. The van der Waals surface area contributed by atoms with E-state index in [9.17, 15) is 4.79 Å². The zero-order valence-electron chi connectivity index (χ0n) is 10.7. The summed E-state index contributed by atoms with van der Waals surface area (Å²) in [6.45, 7) is 0. The summed E-state index contributed by atoms with van der Waals surface area (Å²) < 4.78 is 6.17. The minimum atomic E-state index is -0.862. The Morgan fingerprint density at radius 1 is 1.29 bits per heavy atom. The topological polar surface area (TPSA) is 76.2 Å². The van der Waals surface area contributed by atoms with Gasteiger partial charge in [-0.2, -0.15) is 0 Å². The molecule has 0 saturated heterocycles. The Morgan fingerprint density at radius 2 is 2.14 bits per heavy atom. The van der Waals surface area contributed by atoms with Gasteiger partial charge in [0, 0.05) is 16.5 Å². The highest BCUT2D eigenvalue weighted by molar-refractivity contribution is 8.00. The summed E-state index contributed by atoms with van der Waals surface area (Å²) in [4.78, 5) is 19.4. The van der Waals surface area contributed by atoms with Crippen molar-refractivity contribution < 1.29 is 14.3 Å². The van der Waals surface area contributed by atoms with Gasteiger partial charge in [-0.25, -0.2) is 9.97 Å². The molecule has 0 radical (unpaired) electrons. The van der Waals surface area contributed by atoms with Gasteiger partial charge in [-0.05, 0) is 12.1 Å². The largest absolute Gasteiger partial charge is 0.481 e. The molecule has 0 fully saturated rings. The van der Waals surface area contributed by atoms with E-state index in [1.807, 2.05) is 17.5 Å². The van der Waals surface area contributed by atoms with E-state index < -0.39 is 5.97 Å². The summed E-state index contributed by atoms with van der Waals surface area (Å²) in [7, 11) is 0. The molecule has 3 aromatic heterocycles. The number of thiazole rings is 2. The van der Waals surface area contributed by atoms with E-state index in [1.54, 1.807) is 34.7 Å². The molecule has 0 bridgehead atoms. The Hall–Kier alpha value is -1.64. The number of carboxylic acids is 1. The zero-order chi connectivity index (χ0) is 14.7. The molecule has 0 aliphatic rings. The molecule has 1 N–H and O–H groups in total. The number of rotatable bonds is 6. The third-order valence-corrected chi connectivity index (χ3v) is 5.50. The Balaban J connectivity index is 1.60. The summed E-state index contributed by atoms with van der Waals surface area (Å²) in [6, 6.07) is 3.72. The van der Waals surface area contributed by atoms with Gasteiger partial charge in [0.1, 0.15) is 0 Å². The lowest BCUT2D eigenvalue weighted by Crippen LogP contribution is -1.99. The van der Waals surface area contributed by atoms with Crippen LogP contribution in [-0.4, -0.2) is 21.0 Å². The van der Waals surface area contributed by atoms with Crippen LogP contribution in [0.5, 0.6) is 0 Å². The van der Waals surface area contributed by atoms with Crippen LogP contribution in [0.15, 0.2) is 37.9 Å². The molecule has 0 unspecified atom stereocenters. The highest BCUT2D eigenvalue weighted by atomic mass is 32.2. The van der Waals surface area contributed by atoms with Gasteiger partial charge in [-0.3, -0.25) is 4.79 Å². The summed E-state index contributed by atoms with van der Waals surface area (Å²) in [5, 5.41) is 13.4. The van der Waals surface area contributed by atoms with E-state index in [0.29, 0.717) is 11.4 Å². The van der Waals surface area contributed by atoms with Crippen molar-refractivity contribution in [2.24, 2.45) is 0 Å². The Labute approximate surface area is 132 Å². The normalized spacial score (nSPS) is 10.9. The van der Waals surface area contributed by atoms with E-state index in [2.05, 4.69) is 9.97 Å². The second-order valence-corrected chi connectivity index (χ2v) is 7.02. The van der Waals surface area contributed by atoms with Crippen molar-refractivity contribution in [3.63, 3.8) is 0 Å². The SMILES string of the molecule is O=C(O)Cc1csc(SCc2csc(-c3ccco3)n2)n1. The Kier molecular flexibility index (Phi) is 4.37. The van der Waals surface area contributed by atoms with Crippen LogP contribution in [0, 0.1) is 0 Å². The number of furan rings is 1. The lowest BCUT2D eigenvalue weighted by molar-refractivity contribution is -0.136. The zero-order valence-corrected chi connectivity index (χ0v) is 13.1. The molecule has 3 heterocycles. The fraction of sp³-hybridized carbons (Fsp3) is 0.154. The van der Waals surface area contributed by atoms with Gasteiger partial charge < -0.3 is 9.52 Å². The molecule has 0 aliphatic carbocycles. The van der Waals surface area contributed by atoms with E-state index in [4.69, 9.17) is 9.52 Å². The first-order chi connectivity index (χ1) is 10.2. The number of carboxylic acid groups (broad SMARTS) is 1. The number of aromatic nitrogens is 2. The van der Waals surface area contributed by atoms with Gasteiger partial charge in [0.25, 0.3) is 0 Å². The monoisotopic (exact) mass is 338 g/mol. The number of hydrogen-bond acceptors (Lipinski definition) is 7. The number of carbonyl (C=O) groups is 1. The number of hydrogen-bond donors (Lipinski definition) is 1. The third kappa shape index (κ3) is 3.72. The van der Waals surface area contributed by atoms with Crippen LogP contribution >= 0.6 is 34.4 Å². The molecule has 0 amide bonds. The van der Waals surface area contributed by atoms with Crippen molar-refractivity contribution in [1.82, 2.24) is 9.97 Å². The maximum atomic E-state index is 10.6. The van der Waals surface area contributed by atoms with Crippen LogP contribution in [-0.2, 0) is 17.0 Å². The predicted octanol–water partition coefficient (Wildman–Crippen LogP) is 3.78. The van der Waals surface area contributed by atoms with Gasteiger partial charge in [-0.15, -0.1) is 22.7 Å². The fourth-order valence-electron chi connectivity index (χ4n) is 1.61. The van der Waals surface area contributed by atoms with Gasteiger partial charge in [0.15, 0.2) is 15.1 Å². The van der Waals surface area contributed by atoms with E-state index in [0.717, 1.165) is 20.8 Å². The molecule has 21 heavy (non-hydrogen) atoms. The van der Waals surface area contributed by atoms with Crippen LogP contribution in [0.25, 0.3) is 10.8 Å². The highest BCUT2D eigenvalue weighted by Gasteiger charge is 2.10. The van der Waals surface area contributed by atoms with Crippen molar-refractivity contribution in [3.8, 4) is 10.8 Å². The molecule has 5 nitrogen and oxygen atoms in total. The van der Waals surface area contributed by atoms with Crippen LogP contribution in [0.2, 0.25) is 0 Å². The Bertz CT molecular complexity index is 734. The minimum absolute atomic E-state index is 0.0313.